The van der Waals surface area contributed by atoms with E-state index in [-0.39, 0.29) is 0 Å². The second kappa shape index (κ2) is 6.17. The summed E-state index contributed by atoms with van der Waals surface area (Å²) in [5.74, 6) is 0.309. The van der Waals surface area contributed by atoms with Crippen LogP contribution in [0.4, 0.5) is 0 Å². The molecule has 0 bridgehead atoms. The maximum atomic E-state index is 11.9. The van der Waals surface area contributed by atoms with E-state index in [0.29, 0.717) is 17.4 Å². The van der Waals surface area contributed by atoms with Gasteiger partial charge in [0.2, 0.25) is 10.0 Å². The van der Waals surface area contributed by atoms with Gasteiger partial charge in [0, 0.05) is 6.54 Å². The van der Waals surface area contributed by atoms with Crippen LogP contribution in [0.3, 0.4) is 0 Å². The fourth-order valence-corrected chi connectivity index (χ4v) is 2.70. The second-order valence-electron chi connectivity index (χ2n) is 4.64. The molecule has 96 valence electrons. The summed E-state index contributed by atoms with van der Waals surface area (Å²) < 4.78 is 26.4. The summed E-state index contributed by atoms with van der Waals surface area (Å²) in [7, 11) is -3.34. The molecule has 0 saturated carbocycles. The first kappa shape index (κ1) is 14.2. The molecule has 0 saturated heterocycles. The maximum Gasteiger partial charge on any atom is 0.240 e. The molecule has 1 rings (SSSR count). The zero-order valence-electron chi connectivity index (χ0n) is 10.7. The van der Waals surface area contributed by atoms with Crippen LogP contribution in [0.5, 0.6) is 0 Å². The number of rotatable bonds is 6. The van der Waals surface area contributed by atoms with Gasteiger partial charge in [-0.25, -0.2) is 13.1 Å². The lowest BCUT2D eigenvalue weighted by molar-refractivity contribution is 0.560. The zero-order valence-corrected chi connectivity index (χ0v) is 11.5. The number of benzene rings is 1. The Morgan fingerprint density at radius 1 is 1.18 bits per heavy atom. The number of aryl methyl sites for hydroxylation is 1. The Labute approximate surface area is 104 Å². The Hall–Kier alpha value is -0.870. The summed E-state index contributed by atoms with van der Waals surface area (Å²) in [6, 6.07) is 7.11. The standard InChI is InChI=1S/C13H21NO2S/c1-4-5-12-6-8-13(9-7-12)17(15,16)14-10-11(2)3/h6-9,11,14H,4-5,10H2,1-3H3. The van der Waals surface area contributed by atoms with Crippen LogP contribution in [0.25, 0.3) is 0 Å². The fraction of sp³-hybridized carbons (Fsp3) is 0.538. The van der Waals surface area contributed by atoms with Gasteiger partial charge >= 0.3 is 0 Å². The van der Waals surface area contributed by atoms with Crippen LogP contribution in [0.2, 0.25) is 0 Å². The molecule has 1 N–H and O–H groups in total. The van der Waals surface area contributed by atoms with Crippen molar-refractivity contribution in [2.24, 2.45) is 5.92 Å². The normalized spacial score (nSPS) is 12.0. The molecule has 0 aliphatic carbocycles. The van der Waals surface area contributed by atoms with E-state index < -0.39 is 10.0 Å². The lowest BCUT2D eigenvalue weighted by Crippen LogP contribution is -2.27. The van der Waals surface area contributed by atoms with Gasteiger partial charge in [-0.2, -0.15) is 0 Å². The van der Waals surface area contributed by atoms with Crippen molar-refractivity contribution in [2.45, 2.75) is 38.5 Å². The SMILES string of the molecule is CCCc1ccc(S(=O)(=O)NCC(C)C)cc1. The summed E-state index contributed by atoms with van der Waals surface area (Å²) in [5.41, 5.74) is 1.18. The first-order chi connectivity index (χ1) is 7.95. The number of hydrogen-bond acceptors (Lipinski definition) is 2. The van der Waals surface area contributed by atoms with Gasteiger partial charge < -0.3 is 0 Å². The Bertz CT molecular complexity index is 435. The van der Waals surface area contributed by atoms with Gasteiger partial charge in [-0.3, -0.25) is 0 Å². The van der Waals surface area contributed by atoms with Gasteiger partial charge in [-0.05, 0) is 30.0 Å². The van der Waals surface area contributed by atoms with E-state index in [0.717, 1.165) is 12.8 Å². The minimum absolute atomic E-state index is 0.309. The van der Waals surface area contributed by atoms with E-state index in [1.165, 1.54) is 5.56 Å². The molecule has 0 unspecified atom stereocenters. The minimum Gasteiger partial charge on any atom is -0.211 e. The van der Waals surface area contributed by atoms with Crippen LogP contribution >= 0.6 is 0 Å². The molecule has 0 amide bonds. The van der Waals surface area contributed by atoms with E-state index in [4.69, 9.17) is 0 Å². The van der Waals surface area contributed by atoms with Gasteiger partial charge in [-0.1, -0.05) is 39.3 Å². The fourth-order valence-electron chi connectivity index (χ4n) is 1.48. The molecule has 17 heavy (non-hydrogen) atoms. The van der Waals surface area contributed by atoms with Crippen molar-refractivity contribution < 1.29 is 8.42 Å². The van der Waals surface area contributed by atoms with Crippen LogP contribution in [0.1, 0.15) is 32.8 Å². The van der Waals surface area contributed by atoms with Crippen LogP contribution in [-0.2, 0) is 16.4 Å². The summed E-state index contributed by atoms with van der Waals surface area (Å²) >= 11 is 0. The zero-order chi connectivity index (χ0) is 12.9. The second-order valence-corrected chi connectivity index (χ2v) is 6.41. The molecular formula is C13H21NO2S. The highest BCUT2D eigenvalue weighted by molar-refractivity contribution is 7.89. The average molecular weight is 255 g/mol. The molecule has 0 radical (unpaired) electrons. The van der Waals surface area contributed by atoms with Crippen molar-refractivity contribution >= 4 is 10.0 Å². The van der Waals surface area contributed by atoms with E-state index in [9.17, 15) is 8.42 Å². The number of sulfonamides is 1. The number of hydrogen-bond donors (Lipinski definition) is 1. The lowest BCUT2D eigenvalue weighted by atomic mass is 10.1. The van der Waals surface area contributed by atoms with Gasteiger partial charge in [0.05, 0.1) is 4.90 Å². The van der Waals surface area contributed by atoms with E-state index in [1.807, 2.05) is 26.0 Å². The highest BCUT2D eigenvalue weighted by Crippen LogP contribution is 2.12. The van der Waals surface area contributed by atoms with Crippen molar-refractivity contribution in [1.29, 1.82) is 0 Å². The number of nitrogens with one attached hydrogen (secondary N) is 1. The summed E-state index contributed by atoms with van der Waals surface area (Å²) in [5, 5.41) is 0. The summed E-state index contributed by atoms with van der Waals surface area (Å²) in [4.78, 5) is 0.345. The van der Waals surface area contributed by atoms with Gasteiger partial charge in [0.15, 0.2) is 0 Å². The molecular weight excluding hydrogens is 234 g/mol. The van der Waals surface area contributed by atoms with Crippen molar-refractivity contribution in [3.8, 4) is 0 Å². The van der Waals surface area contributed by atoms with Crippen molar-refractivity contribution in [3.63, 3.8) is 0 Å². The van der Waals surface area contributed by atoms with Crippen molar-refractivity contribution in [2.75, 3.05) is 6.54 Å². The molecule has 0 aromatic heterocycles. The molecule has 0 aliphatic heterocycles. The molecule has 0 atom stereocenters. The van der Waals surface area contributed by atoms with Crippen LogP contribution < -0.4 is 4.72 Å². The molecule has 1 aromatic rings. The van der Waals surface area contributed by atoms with Crippen molar-refractivity contribution in [1.82, 2.24) is 4.72 Å². The third-order valence-electron chi connectivity index (χ3n) is 2.45. The predicted molar refractivity (Wildman–Crippen MR) is 70.5 cm³/mol. The Kier molecular flexibility index (Phi) is 5.15. The molecule has 1 aromatic carbocycles. The van der Waals surface area contributed by atoms with Crippen LogP contribution in [0.15, 0.2) is 29.2 Å². The Morgan fingerprint density at radius 3 is 2.24 bits per heavy atom. The smallest absolute Gasteiger partial charge is 0.211 e. The van der Waals surface area contributed by atoms with E-state index >= 15 is 0 Å². The van der Waals surface area contributed by atoms with Crippen LogP contribution in [-0.4, -0.2) is 15.0 Å². The van der Waals surface area contributed by atoms with E-state index in [1.54, 1.807) is 12.1 Å². The van der Waals surface area contributed by atoms with Gasteiger partial charge in [0.1, 0.15) is 0 Å². The topological polar surface area (TPSA) is 46.2 Å². The predicted octanol–water partition coefficient (Wildman–Crippen LogP) is 2.57. The van der Waals surface area contributed by atoms with Gasteiger partial charge in [0.25, 0.3) is 0 Å². The third-order valence-corrected chi connectivity index (χ3v) is 3.89. The summed E-state index contributed by atoms with van der Waals surface area (Å²) in [6.45, 7) is 6.54. The van der Waals surface area contributed by atoms with Crippen LogP contribution in [0, 0.1) is 5.92 Å². The largest absolute Gasteiger partial charge is 0.240 e. The lowest BCUT2D eigenvalue weighted by Gasteiger charge is -2.09. The molecule has 0 aliphatic rings. The molecule has 0 fully saturated rings. The maximum absolute atomic E-state index is 11.9. The highest BCUT2D eigenvalue weighted by atomic mass is 32.2. The average Bonchev–Trinajstić information content (AvgIpc) is 2.28. The first-order valence-electron chi connectivity index (χ1n) is 6.04. The molecule has 4 heteroatoms. The summed E-state index contributed by atoms with van der Waals surface area (Å²) in [6.07, 6.45) is 2.05. The molecule has 0 spiro atoms. The Morgan fingerprint density at radius 2 is 1.76 bits per heavy atom. The Balaban J connectivity index is 2.77. The first-order valence-corrected chi connectivity index (χ1v) is 7.52. The monoisotopic (exact) mass is 255 g/mol. The van der Waals surface area contributed by atoms with Crippen molar-refractivity contribution in [3.05, 3.63) is 29.8 Å². The molecule has 3 nitrogen and oxygen atoms in total. The highest BCUT2D eigenvalue weighted by Gasteiger charge is 2.13. The van der Waals surface area contributed by atoms with E-state index in [2.05, 4.69) is 11.6 Å². The third kappa shape index (κ3) is 4.48. The molecule has 0 heterocycles. The quantitative estimate of drug-likeness (QED) is 0.849. The minimum atomic E-state index is -3.34. The van der Waals surface area contributed by atoms with Gasteiger partial charge in [-0.15, -0.1) is 0 Å².